The molecule has 6 heteroatoms. The number of aliphatic imine (C=N–C) groups is 1. The van der Waals surface area contributed by atoms with Crippen LogP contribution in [0.3, 0.4) is 0 Å². The van der Waals surface area contributed by atoms with Gasteiger partial charge >= 0.3 is 0 Å². The number of nitrogens with one attached hydrogen (secondary N) is 2. The Hall–Kier alpha value is -2.06. The Morgan fingerprint density at radius 2 is 1.61 bits per heavy atom. The SMILES string of the molecule is CN=C(NCc1ccccc1CN(C)C)NCc1oc2ccccc2c1C.I. The Bertz CT molecular complexity index is 933. The zero-order chi connectivity index (χ0) is 19.2. The van der Waals surface area contributed by atoms with Gasteiger partial charge in [-0.1, -0.05) is 42.5 Å². The van der Waals surface area contributed by atoms with Gasteiger partial charge in [0.25, 0.3) is 0 Å². The molecule has 0 aliphatic heterocycles. The minimum Gasteiger partial charge on any atom is -0.459 e. The van der Waals surface area contributed by atoms with E-state index in [0.29, 0.717) is 6.54 Å². The van der Waals surface area contributed by atoms with Crippen LogP contribution in [-0.2, 0) is 19.6 Å². The fourth-order valence-electron chi connectivity index (χ4n) is 3.18. The van der Waals surface area contributed by atoms with E-state index in [4.69, 9.17) is 4.42 Å². The molecular weight excluding hydrogens is 463 g/mol. The van der Waals surface area contributed by atoms with Crippen LogP contribution < -0.4 is 10.6 Å². The van der Waals surface area contributed by atoms with Gasteiger partial charge in [0, 0.05) is 31.1 Å². The molecule has 0 aliphatic rings. The van der Waals surface area contributed by atoms with Crippen molar-refractivity contribution in [1.82, 2.24) is 15.5 Å². The van der Waals surface area contributed by atoms with E-state index in [1.165, 1.54) is 16.7 Å². The van der Waals surface area contributed by atoms with Crippen molar-refractivity contribution in [2.75, 3.05) is 21.1 Å². The summed E-state index contributed by atoms with van der Waals surface area (Å²) in [6.45, 7) is 4.33. The molecule has 0 amide bonds. The maximum atomic E-state index is 5.97. The third kappa shape index (κ3) is 5.48. The normalized spacial score (nSPS) is 11.5. The lowest BCUT2D eigenvalue weighted by molar-refractivity contribution is 0.400. The first kappa shape index (κ1) is 22.2. The molecule has 2 aromatic carbocycles. The second-order valence-corrected chi connectivity index (χ2v) is 6.93. The number of rotatable bonds is 6. The Morgan fingerprint density at radius 3 is 2.29 bits per heavy atom. The quantitative estimate of drug-likeness (QED) is 0.307. The van der Waals surface area contributed by atoms with Crippen LogP contribution in [0.1, 0.15) is 22.5 Å². The second kappa shape index (κ2) is 10.5. The Morgan fingerprint density at radius 1 is 0.964 bits per heavy atom. The number of aryl methyl sites for hydroxylation is 1. The maximum Gasteiger partial charge on any atom is 0.191 e. The van der Waals surface area contributed by atoms with Crippen LogP contribution in [0.2, 0.25) is 0 Å². The van der Waals surface area contributed by atoms with Crippen molar-refractivity contribution in [3.8, 4) is 0 Å². The van der Waals surface area contributed by atoms with Crippen LogP contribution in [0, 0.1) is 6.92 Å². The second-order valence-electron chi connectivity index (χ2n) is 6.93. The molecule has 0 fully saturated rings. The van der Waals surface area contributed by atoms with Crippen molar-refractivity contribution in [3.63, 3.8) is 0 Å². The zero-order valence-corrected chi connectivity index (χ0v) is 19.3. The fourth-order valence-corrected chi connectivity index (χ4v) is 3.18. The van der Waals surface area contributed by atoms with E-state index in [0.717, 1.165) is 35.8 Å². The molecule has 0 saturated carbocycles. The highest BCUT2D eigenvalue weighted by atomic mass is 127. The molecule has 150 valence electrons. The molecule has 3 rings (SSSR count). The van der Waals surface area contributed by atoms with E-state index < -0.39 is 0 Å². The molecule has 3 aromatic rings. The molecular formula is C22H29IN4O. The van der Waals surface area contributed by atoms with Crippen LogP contribution >= 0.6 is 24.0 Å². The van der Waals surface area contributed by atoms with Crippen LogP contribution in [-0.4, -0.2) is 32.0 Å². The molecule has 0 atom stereocenters. The predicted molar refractivity (Wildman–Crippen MR) is 127 cm³/mol. The Kier molecular flexibility index (Phi) is 8.32. The summed E-state index contributed by atoms with van der Waals surface area (Å²) < 4.78 is 5.97. The number of halogens is 1. The summed E-state index contributed by atoms with van der Waals surface area (Å²) >= 11 is 0. The number of benzene rings is 2. The summed E-state index contributed by atoms with van der Waals surface area (Å²) in [7, 11) is 5.95. The molecule has 0 saturated heterocycles. The smallest absolute Gasteiger partial charge is 0.191 e. The monoisotopic (exact) mass is 492 g/mol. The van der Waals surface area contributed by atoms with Crippen molar-refractivity contribution in [3.05, 3.63) is 71.0 Å². The van der Waals surface area contributed by atoms with Gasteiger partial charge in [0.2, 0.25) is 0 Å². The van der Waals surface area contributed by atoms with Gasteiger partial charge in [-0.05, 0) is 38.2 Å². The standard InChI is InChI=1S/C22H28N4O.HI/c1-16-19-11-7-8-12-20(19)27-21(16)14-25-22(23-2)24-13-17-9-5-6-10-18(17)15-26(3)4;/h5-12H,13-15H2,1-4H3,(H2,23,24,25);1H. The van der Waals surface area contributed by atoms with E-state index in [9.17, 15) is 0 Å². The topological polar surface area (TPSA) is 52.8 Å². The van der Waals surface area contributed by atoms with Gasteiger partial charge in [0.15, 0.2) is 5.96 Å². The molecule has 0 aliphatic carbocycles. The Balaban J connectivity index is 0.00000280. The van der Waals surface area contributed by atoms with E-state index >= 15 is 0 Å². The maximum absolute atomic E-state index is 5.97. The van der Waals surface area contributed by atoms with Gasteiger partial charge in [0.1, 0.15) is 11.3 Å². The molecule has 0 radical (unpaired) electrons. The third-order valence-electron chi connectivity index (χ3n) is 4.63. The largest absolute Gasteiger partial charge is 0.459 e. The summed E-state index contributed by atoms with van der Waals surface area (Å²) in [5.74, 6) is 1.70. The molecule has 0 unspecified atom stereocenters. The van der Waals surface area contributed by atoms with Gasteiger partial charge in [-0.2, -0.15) is 0 Å². The Labute approximate surface area is 184 Å². The minimum absolute atomic E-state index is 0. The summed E-state index contributed by atoms with van der Waals surface area (Å²) in [5.41, 5.74) is 4.69. The first-order valence-corrected chi connectivity index (χ1v) is 9.21. The van der Waals surface area contributed by atoms with Crippen molar-refractivity contribution in [2.24, 2.45) is 4.99 Å². The van der Waals surface area contributed by atoms with Gasteiger partial charge in [-0.3, -0.25) is 4.99 Å². The highest BCUT2D eigenvalue weighted by molar-refractivity contribution is 14.0. The van der Waals surface area contributed by atoms with Crippen LogP contribution in [0.5, 0.6) is 0 Å². The van der Waals surface area contributed by atoms with Gasteiger partial charge < -0.3 is 20.0 Å². The summed E-state index contributed by atoms with van der Waals surface area (Å²) in [4.78, 5) is 6.51. The number of furan rings is 1. The summed E-state index contributed by atoms with van der Waals surface area (Å²) in [6.07, 6.45) is 0. The van der Waals surface area contributed by atoms with Crippen molar-refractivity contribution in [1.29, 1.82) is 0 Å². The van der Waals surface area contributed by atoms with E-state index in [1.807, 2.05) is 18.2 Å². The molecule has 0 bridgehead atoms. The first-order chi connectivity index (χ1) is 13.1. The average Bonchev–Trinajstić information content (AvgIpc) is 2.99. The number of hydrogen-bond acceptors (Lipinski definition) is 3. The first-order valence-electron chi connectivity index (χ1n) is 9.21. The average molecular weight is 492 g/mol. The number of fused-ring (bicyclic) bond motifs is 1. The lowest BCUT2D eigenvalue weighted by atomic mass is 10.1. The molecule has 5 nitrogen and oxygen atoms in total. The van der Waals surface area contributed by atoms with Gasteiger partial charge in [0.05, 0.1) is 6.54 Å². The molecule has 0 spiro atoms. The highest BCUT2D eigenvalue weighted by Gasteiger charge is 2.10. The minimum atomic E-state index is 0. The third-order valence-corrected chi connectivity index (χ3v) is 4.63. The van der Waals surface area contributed by atoms with Crippen LogP contribution in [0.25, 0.3) is 11.0 Å². The van der Waals surface area contributed by atoms with E-state index in [1.54, 1.807) is 7.05 Å². The summed E-state index contributed by atoms with van der Waals surface area (Å²) in [6, 6.07) is 16.6. The number of hydrogen-bond donors (Lipinski definition) is 2. The molecule has 2 N–H and O–H groups in total. The van der Waals surface area contributed by atoms with Crippen molar-refractivity contribution < 1.29 is 4.42 Å². The van der Waals surface area contributed by atoms with Crippen molar-refractivity contribution >= 4 is 40.9 Å². The number of para-hydroxylation sites is 1. The zero-order valence-electron chi connectivity index (χ0n) is 17.0. The number of nitrogens with zero attached hydrogens (tertiary/aromatic N) is 2. The highest BCUT2D eigenvalue weighted by Crippen LogP contribution is 2.24. The molecule has 28 heavy (non-hydrogen) atoms. The molecule has 1 heterocycles. The number of guanidine groups is 1. The van der Waals surface area contributed by atoms with Gasteiger partial charge in [-0.25, -0.2) is 0 Å². The van der Waals surface area contributed by atoms with Crippen molar-refractivity contribution in [2.45, 2.75) is 26.6 Å². The van der Waals surface area contributed by atoms with E-state index in [2.05, 4.69) is 71.9 Å². The lowest BCUT2D eigenvalue weighted by Gasteiger charge is -2.16. The lowest BCUT2D eigenvalue weighted by Crippen LogP contribution is -2.36. The fraction of sp³-hybridized carbons (Fsp3) is 0.318. The van der Waals surface area contributed by atoms with Crippen LogP contribution in [0.15, 0.2) is 57.9 Å². The van der Waals surface area contributed by atoms with Gasteiger partial charge in [-0.15, -0.1) is 24.0 Å². The predicted octanol–water partition coefficient (Wildman–Crippen LogP) is 4.29. The van der Waals surface area contributed by atoms with E-state index in [-0.39, 0.29) is 24.0 Å². The van der Waals surface area contributed by atoms with Crippen LogP contribution in [0.4, 0.5) is 0 Å². The summed E-state index contributed by atoms with van der Waals surface area (Å²) in [5, 5.41) is 7.92. The molecule has 1 aromatic heterocycles.